The lowest BCUT2D eigenvalue weighted by Gasteiger charge is -2.49. The summed E-state index contributed by atoms with van der Waals surface area (Å²) in [6, 6.07) is 77.1. The lowest BCUT2D eigenvalue weighted by atomic mass is 9.33. The highest BCUT2D eigenvalue weighted by Crippen LogP contribution is 2.47. The molecule has 4 heterocycles. The number of aromatic nitrogens is 1. The van der Waals surface area contributed by atoms with E-state index < -0.39 is 8.07 Å². The van der Waals surface area contributed by atoms with E-state index in [9.17, 15) is 0 Å². The number of hydrogen-bond acceptors (Lipinski definition) is 2. The molecule has 61 heavy (non-hydrogen) atoms. The van der Waals surface area contributed by atoms with Gasteiger partial charge in [-0.05, 0) is 104 Å². The Morgan fingerprint density at radius 3 is 1.66 bits per heavy atom. The molecular formula is C56H40BN3Si. The summed E-state index contributed by atoms with van der Waals surface area (Å²) in [7, 11) is -2.29. The first-order valence-electron chi connectivity index (χ1n) is 21.4. The van der Waals surface area contributed by atoms with E-state index in [1.807, 2.05) is 0 Å². The van der Waals surface area contributed by atoms with Crippen LogP contribution in [-0.2, 0) is 0 Å². The minimum atomic E-state index is -2.29. The summed E-state index contributed by atoms with van der Waals surface area (Å²) in [5.41, 5.74) is 20.3. The number of rotatable bonds is 4. The molecule has 286 valence electrons. The van der Waals surface area contributed by atoms with Crippen LogP contribution in [0.25, 0.3) is 49.7 Å². The van der Waals surface area contributed by atoms with Crippen LogP contribution in [0.4, 0.5) is 34.1 Å². The van der Waals surface area contributed by atoms with E-state index in [1.54, 1.807) is 0 Å². The van der Waals surface area contributed by atoms with Crippen molar-refractivity contribution in [2.75, 3.05) is 9.80 Å². The minimum absolute atomic E-state index is 0.0250. The van der Waals surface area contributed by atoms with Crippen LogP contribution in [0.2, 0.25) is 13.1 Å². The van der Waals surface area contributed by atoms with Gasteiger partial charge in [-0.15, -0.1) is 0 Å². The van der Waals surface area contributed by atoms with Gasteiger partial charge in [0.25, 0.3) is 6.71 Å². The van der Waals surface area contributed by atoms with Gasteiger partial charge in [-0.25, -0.2) is 0 Å². The largest absolute Gasteiger partial charge is 0.312 e. The van der Waals surface area contributed by atoms with Crippen molar-refractivity contribution in [2.24, 2.45) is 0 Å². The van der Waals surface area contributed by atoms with E-state index in [0.717, 1.165) is 11.4 Å². The summed E-state index contributed by atoms with van der Waals surface area (Å²) in [6.07, 6.45) is 0. The second-order valence-electron chi connectivity index (χ2n) is 17.3. The Morgan fingerprint density at radius 2 is 0.967 bits per heavy atom. The molecule has 10 aromatic rings. The Morgan fingerprint density at radius 1 is 0.377 bits per heavy atom. The fourth-order valence-corrected chi connectivity index (χ4v) is 14.0. The SMILES string of the molecule is C[Si]1(C)c2cc(-c3ccccc3)ccc2N2c3cccc4c3B(c3ccc(-n5c6ccccc6c6ccccc65)cc3N4c3ccccc3)c3cc(-c4ccccc4)cc1c32. The molecular weight excluding hydrogens is 754 g/mol. The van der Waals surface area contributed by atoms with Crippen LogP contribution in [-0.4, -0.2) is 19.4 Å². The highest BCUT2D eigenvalue weighted by molar-refractivity contribution is 7.06. The number of hydrogen-bond donors (Lipinski definition) is 0. The Labute approximate surface area is 357 Å². The Hall–Kier alpha value is -7.34. The molecule has 5 heteroatoms. The average molecular weight is 794 g/mol. The zero-order chi connectivity index (χ0) is 40.4. The van der Waals surface area contributed by atoms with Gasteiger partial charge in [0.05, 0.1) is 11.0 Å². The first-order valence-corrected chi connectivity index (χ1v) is 24.4. The molecule has 0 saturated carbocycles. The number of para-hydroxylation sites is 3. The quantitative estimate of drug-likeness (QED) is 0.164. The van der Waals surface area contributed by atoms with E-state index in [-0.39, 0.29) is 6.71 Å². The van der Waals surface area contributed by atoms with Gasteiger partial charge in [0.2, 0.25) is 0 Å². The van der Waals surface area contributed by atoms with Gasteiger partial charge in [-0.3, -0.25) is 0 Å². The maximum atomic E-state index is 2.64. The Bertz CT molecular complexity index is 3360. The van der Waals surface area contributed by atoms with Crippen molar-refractivity contribution >= 4 is 97.5 Å². The predicted octanol–water partition coefficient (Wildman–Crippen LogP) is 11.3. The third kappa shape index (κ3) is 4.87. The Kier molecular flexibility index (Phi) is 7.26. The first-order chi connectivity index (χ1) is 30.0. The molecule has 0 saturated heterocycles. The van der Waals surface area contributed by atoms with Crippen molar-refractivity contribution in [1.29, 1.82) is 0 Å². The van der Waals surface area contributed by atoms with Gasteiger partial charge < -0.3 is 14.4 Å². The van der Waals surface area contributed by atoms with Crippen LogP contribution < -0.4 is 36.6 Å². The number of anilines is 6. The van der Waals surface area contributed by atoms with Crippen molar-refractivity contribution in [3.63, 3.8) is 0 Å². The lowest BCUT2D eigenvalue weighted by molar-refractivity contribution is 1.17. The normalized spacial score (nSPS) is 14.1. The van der Waals surface area contributed by atoms with E-state index in [0.29, 0.717) is 0 Å². The molecule has 0 N–H and O–H groups in total. The van der Waals surface area contributed by atoms with Gasteiger partial charge in [0, 0.05) is 50.6 Å². The number of fused-ring (bicyclic) bond motifs is 9. The average Bonchev–Trinajstić information content (AvgIpc) is 3.66. The molecule has 0 radical (unpaired) electrons. The van der Waals surface area contributed by atoms with E-state index in [4.69, 9.17) is 0 Å². The third-order valence-corrected chi connectivity index (χ3v) is 17.2. The highest BCUT2D eigenvalue weighted by atomic mass is 28.3. The van der Waals surface area contributed by atoms with Crippen molar-refractivity contribution in [1.82, 2.24) is 4.57 Å². The molecule has 3 aliphatic heterocycles. The fraction of sp³-hybridized carbons (Fsp3) is 0.0357. The van der Waals surface area contributed by atoms with Crippen LogP contribution in [0.5, 0.6) is 0 Å². The predicted molar refractivity (Wildman–Crippen MR) is 262 cm³/mol. The zero-order valence-corrected chi connectivity index (χ0v) is 35.0. The number of benzene rings is 9. The molecule has 0 amide bonds. The molecule has 13 rings (SSSR count). The van der Waals surface area contributed by atoms with Crippen molar-refractivity contribution in [3.05, 3.63) is 206 Å². The van der Waals surface area contributed by atoms with Crippen LogP contribution in [0.3, 0.4) is 0 Å². The smallest absolute Gasteiger partial charge is 0.252 e. The minimum Gasteiger partial charge on any atom is -0.312 e. The van der Waals surface area contributed by atoms with E-state index in [1.165, 1.54) is 99.3 Å². The zero-order valence-electron chi connectivity index (χ0n) is 34.0. The molecule has 0 unspecified atom stereocenters. The van der Waals surface area contributed by atoms with Gasteiger partial charge in [0.15, 0.2) is 0 Å². The summed E-state index contributed by atoms with van der Waals surface area (Å²) in [6.45, 7) is 5.16. The Balaban J connectivity index is 1.12. The summed E-state index contributed by atoms with van der Waals surface area (Å²) in [5.74, 6) is 0. The van der Waals surface area contributed by atoms with Crippen molar-refractivity contribution in [3.8, 4) is 27.9 Å². The highest BCUT2D eigenvalue weighted by Gasteiger charge is 2.49. The van der Waals surface area contributed by atoms with Crippen molar-refractivity contribution in [2.45, 2.75) is 13.1 Å². The third-order valence-electron chi connectivity index (χ3n) is 13.7. The lowest BCUT2D eigenvalue weighted by Crippen LogP contribution is -2.67. The van der Waals surface area contributed by atoms with E-state index >= 15 is 0 Å². The standard InChI is InChI=1S/C56H40BN3Si/c1-61(2)53-34-39(37-17-6-3-7-18-37)29-32-49(53)60-51-28-16-27-50-55(51)57(46-33-40(35-54(61)56(46)60)38-19-8-4-9-20-38)45-31-30-42(36-52(45)58(50)41-21-10-5-11-22-41)59-47-25-14-12-23-43(47)44-24-13-15-26-48(44)59/h3-36H,1-2H3. The number of nitrogens with zero attached hydrogens (tertiary/aromatic N) is 3. The molecule has 0 fully saturated rings. The van der Waals surface area contributed by atoms with E-state index in [2.05, 4.69) is 234 Å². The second-order valence-corrected chi connectivity index (χ2v) is 21.6. The van der Waals surface area contributed by atoms with Gasteiger partial charge in [-0.1, -0.05) is 165 Å². The summed E-state index contributed by atoms with van der Waals surface area (Å²) in [5, 5.41) is 5.50. The molecule has 0 bridgehead atoms. The van der Waals surface area contributed by atoms with Crippen molar-refractivity contribution < 1.29 is 0 Å². The molecule has 3 nitrogen and oxygen atoms in total. The van der Waals surface area contributed by atoms with Gasteiger partial charge in [0.1, 0.15) is 8.07 Å². The second kappa shape index (κ2) is 12.8. The van der Waals surface area contributed by atoms with Crippen LogP contribution in [0.1, 0.15) is 0 Å². The summed E-state index contributed by atoms with van der Waals surface area (Å²) in [4.78, 5) is 5.16. The maximum absolute atomic E-state index is 2.64. The van der Waals surface area contributed by atoms with Gasteiger partial charge in [-0.2, -0.15) is 0 Å². The summed E-state index contributed by atoms with van der Waals surface area (Å²) >= 11 is 0. The molecule has 0 atom stereocenters. The topological polar surface area (TPSA) is 11.4 Å². The molecule has 9 aromatic carbocycles. The molecule has 3 aliphatic rings. The fourth-order valence-electron chi connectivity index (χ4n) is 11.0. The molecule has 0 aliphatic carbocycles. The maximum Gasteiger partial charge on any atom is 0.252 e. The summed E-state index contributed by atoms with van der Waals surface area (Å²) < 4.78 is 2.45. The van der Waals surface area contributed by atoms with Crippen LogP contribution in [0.15, 0.2) is 206 Å². The molecule has 0 spiro atoms. The molecule has 1 aromatic heterocycles. The first kappa shape index (κ1) is 34.5. The van der Waals surface area contributed by atoms with Crippen LogP contribution in [0, 0.1) is 0 Å². The van der Waals surface area contributed by atoms with Crippen LogP contribution >= 0.6 is 0 Å². The van der Waals surface area contributed by atoms with Gasteiger partial charge >= 0.3 is 0 Å². The monoisotopic (exact) mass is 793 g/mol.